The average molecular weight is 143 g/mol. The Morgan fingerprint density at radius 1 is 1.40 bits per heavy atom. The highest BCUT2D eigenvalue weighted by Gasteiger charge is 1.99. The third-order valence-corrected chi connectivity index (χ3v) is 1.21. The molecule has 1 nitrogen and oxygen atoms in total. The van der Waals surface area contributed by atoms with Gasteiger partial charge in [0, 0.05) is 11.3 Å². The smallest absolute Gasteiger partial charge is 0.129 e. The minimum absolute atomic E-state index is 0.0139. The number of alkyl halides is 1. The monoisotopic (exact) mass is 143 g/mol. The summed E-state index contributed by atoms with van der Waals surface area (Å²) in [7, 11) is 0. The van der Waals surface area contributed by atoms with Gasteiger partial charge in [-0.05, 0) is 18.2 Å². The molecule has 54 valence electrons. The molecule has 1 aromatic carbocycles. The Bertz CT molecular complexity index is 235. The van der Waals surface area contributed by atoms with E-state index >= 15 is 0 Å². The van der Waals surface area contributed by atoms with Gasteiger partial charge in [0.1, 0.15) is 12.5 Å². The number of hydrogen-bond donors (Lipinski definition) is 1. The first-order chi connectivity index (χ1) is 4.74. The van der Waals surface area contributed by atoms with Crippen LogP contribution < -0.4 is 5.73 Å². The van der Waals surface area contributed by atoms with Gasteiger partial charge in [-0.25, -0.2) is 8.78 Å². The zero-order valence-corrected chi connectivity index (χ0v) is 5.27. The molecular formula is C7H7F2N. The fraction of sp³-hybridized carbons (Fsp3) is 0.143. The van der Waals surface area contributed by atoms with Crippen molar-refractivity contribution in [2.24, 2.45) is 0 Å². The molecule has 1 rings (SSSR count). The highest BCUT2D eigenvalue weighted by molar-refractivity contribution is 5.41. The molecule has 0 aromatic heterocycles. The van der Waals surface area contributed by atoms with E-state index in [4.69, 9.17) is 5.73 Å². The summed E-state index contributed by atoms with van der Waals surface area (Å²) in [6.07, 6.45) is 0. The van der Waals surface area contributed by atoms with Crippen LogP contribution in [0.5, 0.6) is 0 Å². The van der Waals surface area contributed by atoms with Crippen LogP contribution in [-0.4, -0.2) is 0 Å². The lowest BCUT2D eigenvalue weighted by molar-refractivity contribution is 0.464. The number of benzene rings is 1. The Morgan fingerprint density at radius 2 is 2.10 bits per heavy atom. The number of halogens is 2. The summed E-state index contributed by atoms with van der Waals surface area (Å²) in [4.78, 5) is 0. The first-order valence-electron chi connectivity index (χ1n) is 2.84. The molecule has 10 heavy (non-hydrogen) atoms. The summed E-state index contributed by atoms with van der Waals surface area (Å²) in [5, 5.41) is 0. The third kappa shape index (κ3) is 1.23. The summed E-state index contributed by atoms with van der Waals surface area (Å²) in [5.41, 5.74) is 5.67. The van der Waals surface area contributed by atoms with Crippen molar-refractivity contribution in [2.75, 3.05) is 5.73 Å². The molecule has 0 aliphatic rings. The van der Waals surface area contributed by atoms with Crippen molar-refractivity contribution in [3.63, 3.8) is 0 Å². The Morgan fingerprint density at radius 3 is 2.60 bits per heavy atom. The lowest BCUT2D eigenvalue weighted by Crippen LogP contribution is -1.90. The van der Waals surface area contributed by atoms with Gasteiger partial charge in [-0.15, -0.1) is 0 Å². The minimum atomic E-state index is -0.809. The van der Waals surface area contributed by atoms with Crippen LogP contribution in [0.15, 0.2) is 18.2 Å². The molecule has 0 spiro atoms. The van der Waals surface area contributed by atoms with E-state index in [1.54, 1.807) is 0 Å². The van der Waals surface area contributed by atoms with Crippen molar-refractivity contribution >= 4 is 5.69 Å². The molecule has 3 heteroatoms. The zero-order chi connectivity index (χ0) is 7.56. The van der Waals surface area contributed by atoms with Crippen molar-refractivity contribution < 1.29 is 8.78 Å². The van der Waals surface area contributed by atoms with E-state index in [9.17, 15) is 8.78 Å². The van der Waals surface area contributed by atoms with Crippen molar-refractivity contribution in [3.05, 3.63) is 29.6 Å². The third-order valence-electron chi connectivity index (χ3n) is 1.21. The maximum absolute atomic E-state index is 12.5. The molecule has 0 amide bonds. The highest BCUT2D eigenvalue weighted by Crippen LogP contribution is 2.12. The summed E-state index contributed by atoms with van der Waals surface area (Å²) in [5.74, 6) is -0.545. The molecule has 0 bridgehead atoms. The van der Waals surface area contributed by atoms with Crippen LogP contribution in [0.25, 0.3) is 0 Å². The standard InChI is InChI=1S/C7H7F2N/c8-4-5-3-6(10)1-2-7(5)9/h1-3H,4,10H2. The number of rotatable bonds is 1. The lowest BCUT2D eigenvalue weighted by Gasteiger charge is -1.97. The second kappa shape index (κ2) is 2.64. The molecular weight excluding hydrogens is 136 g/mol. The quantitative estimate of drug-likeness (QED) is 0.597. The van der Waals surface area contributed by atoms with Crippen LogP contribution in [0.1, 0.15) is 5.56 Å². The second-order valence-electron chi connectivity index (χ2n) is 1.98. The van der Waals surface area contributed by atoms with Gasteiger partial charge in [0.2, 0.25) is 0 Å². The lowest BCUT2D eigenvalue weighted by atomic mass is 10.2. The van der Waals surface area contributed by atoms with Crippen molar-refractivity contribution in [1.82, 2.24) is 0 Å². The average Bonchev–Trinajstić information content (AvgIpc) is 1.94. The molecule has 0 aliphatic carbocycles. The van der Waals surface area contributed by atoms with Crippen molar-refractivity contribution in [1.29, 1.82) is 0 Å². The molecule has 1 aromatic rings. The van der Waals surface area contributed by atoms with Crippen molar-refractivity contribution in [2.45, 2.75) is 6.67 Å². The number of hydrogen-bond acceptors (Lipinski definition) is 1. The van der Waals surface area contributed by atoms with Gasteiger partial charge in [-0.1, -0.05) is 0 Å². The topological polar surface area (TPSA) is 26.0 Å². The minimum Gasteiger partial charge on any atom is -0.399 e. The van der Waals surface area contributed by atoms with Gasteiger partial charge in [0.25, 0.3) is 0 Å². The van der Waals surface area contributed by atoms with E-state index in [1.807, 2.05) is 0 Å². The van der Waals surface area contributed by atoms with Gasteiger partial charge in [0.05, 0.1) is 0 Å². The summed E-state index contributed by atoms with van der Waals surface area (Å²) in [6, 6.07) is 3.84. The fourth-order valence-corrected chi connectivity index (χ4v) is 0.697. The Labute approximate surface area is 57.5 Å². The Kier molecular flexibility index (Phi) is 1.85. The van der Waals surface area contributed by atoms with Gasteiger partial charge < -0.3 is 5.73 Å². The van der Waals surface area contributed by atoms with Crippen LogP contribution in [-0.2, 0) is 6.67 Å². The van der Waals surface area contributed by atoms with E-state index in [-0.39, 0.29) is 5.56 Å². The van der Waals surface area contributed by atoms with Crippen molar-refractivity contribution in [3.8, 4) is 0 Å². The first-order valence-corrected chi connectivity index (χ1v) is 2.84. The van der Waals surface area contributed by atoms with Crippen LogP contribution in [0.3, 0.4) is 0 Å². The number of nitrogen functional groups attached to an aromatic ring is 1. The van der Waals surface area contributed by atoms with Crippen LogP contribution in [0.2, 0.25) is 0 Å². The summed E-state index contributed by atoms with van der Waals surface area (Å²) < 4.78 is 24.3. The molecule has 0 saturated heterocycles. The Balaban J connectivity index is 3.09. The number of anilines is 1. The second-order valence-corrected chi connectivity index (χ2v) is 1.98. The normalized spacial score (nSPS) is 9.80. The van der Waals surface area contributed by atoms with Gasteiger partial charge in [-0.2, -0.15) is 0 Å². The molecule has 0 fully saturated rings. The van der Waals surface area contributed by atoms with E-state index in [0.717, 1.165) is 6.07 Å². The maximum atomic E-state index is 12.5. The molecule has 0 aliphatic heterocycles. The molecule has 2 N–H and O–H groups in total. The number of nitrogens with two attached hydrogens (primary N) is 1. The molecule has 0 radical (unpaired) electrons. The van der Waals surface area contributed by atoms with Crippen LogP contribution >= 0.6 is 0 Å². The van der Waals surface area contributed by atoms with Crippen LogP contribution in [0.4, 0.5) is 14.5 Å². The van der Waals surface area contributed by atoms with E-state index in [2.05, 4.69) is 0 Å². The molecule has 0 saturated carbocycles. The SMILES string of the molecule is Nc1ccc(F)c(CF)c1. The van der Waals surface area contributed by atoms with E-state index in [0.29, 0.717) is 5.69 Å². The highest BCUT2D eigenvalue weighted by atomic mass is 19.1. The van der Waals surface area contributed by atoms with E-state index in [1.165, 1.54) is 12.1 Å². The summed E-state index contributed by atoms with van der Waals surface area (Å²) in [6.45, 7) is -0.809. The largest absolute Gasteiger partial charge is 0.399 e. The predicted octanol–water partition coefficient (Wildman–Crippen LogP) is 1.88. The zero-order valence-electron chi connectivity index (χ0n) is 5.27. The summed E-state index contributed by atoms with van der Waals surface area (Å²) >= 11 is 0. The van der Waals surface area contributed by atoms with Crippen LogP contribution in [0, 0.1) is 5.82 Å². The predicted molar refractivity (Wildman–Crippen MR) is 35.6 cm³/mol. The first kappa shape index (κ1) is 6.99. The Hall–Kier alpha value is -1.12. The van der Waals surface area contributed by atoms with Gasteiger partial charge >= 0.3 is 0 Å². The maximum Gasteiger partial charge on any atom is 0.129 e. The molecule has 0 unspecified atom stereocenters. The molecule has 0 atom stereocenters. The van der Waals surface area contributed by atoms with Gasteiger partial charge in [-0.3, -0.25) is 0 Å². The fourth-order valence-electron chi connectivity index (χ4n) is 0.697. The molecule has 0 heterocycles. The van der Waals surface area contributed by atoms with Gasteiger partial charge in [0.15, 0.2) is 0 Å². The van der Waals surface area contributed by atoms with E-state index < -0.39 is 12.5 Å².